The molecule has 1 aliphatic rings. The van der Waals surface area contributed by atoms with Gasteiger partial charge in [0.1, 0.15) is 12.4 Å². The van der Waals surface area contributed by atoms with Crippen molar-refractivity contribution in [1.82, 2.24) is 15.4 Å². The molecule has 2 heterocycles. The molecule has 1 aromatic heterocycles. The van der Waals surface area contributed by atoms with Gasteiger partial charge in [-0.15, -0.1) is 0 Å². The fourth-order valence-corrected chi connectivity index (χ4v) is 4.63. The number of rotatable bonds is 9. The molecule has 0 aliphatic carbocycles. The fraction of sp³-hybridized carbons (Fsp3) is 0.400. The summed E-state index contributed by atoms with van der Waals surface area (Å²) in [6.45, 7) is 2.53. The van der Waals surface area contributed by atoms with Gasteiger partial charge in [0.25, 0.3) is 6.43 Å². The van der Waals surface area contributed by atoms with Crippen LogP contribution in [-0.4, -0.2) is 53.9 Å². The Balaban J connectivity index is 1.57. The van der Waals surface area contributed by atoms with Gasteiger partial charge in [0, 0.05) is 35.8 Å². The number of aromatic carboxylic acids is 1. The third kappa shape index (κ3) is 5.22. The van der Waals surface area contributed by atoms with Crippen LogP contribution in [0, 0.1) is 6.92 Å². The summed E-state index contributed by atoms with van der Waals surface area (Å²) < 4.78 is 36.5. The van der Waals surface area contributed by atoms with Crippen LogP contribution in [0.1, 0.15) is 45.9 Å². The molecule has 34 heavy (non-hydrogen) atoms. The summed E-state index contributed by atoms with van der Waals surface area (Å²) in [5.74, 6) is -0.208. The zero-order chi connectivity index (χ0) is 24.2. The molecule has 0 radical (unpaired) electrons. The minimum Gasteiger partial charge on any atom is -0.496 e. The number of halogens is 2. The van der Waals surface area contributed by atoms with Crippen LogP contribution in [0.3, 0.4) is 0 Å². The number of carboxylic acids is 1. The predicted octanol–water partition coefficient (Wildman–Crippen LogP) is 4.68. The molecule has 1 fully saturated rings. The monoisotopic (exact) mass is 473 g/mol. The predicted molar refractivity (Wildman–Crippen MR) is 124 cm³/mol. The Morgan fingerprint density at radius 1 is 1.29 bits per heavy atom. The Morgan fingerprint density at radius 2 is 2.06 bits per heavy atom. The Bertz CT molecular complexity index is 1130. The number of methoxy groups -OCH3 is 1. The molecule has 3 aromatic rings. The van der Waals surface area contributed by atoms with Crippen molar-refractivity contribution in [2.75, 3.05) is 20.3 Å². The molecule has 9 heteroatoms. The fourth-order valence-electron chi connectivity index (χ4n) is 4.63. The Kier molecular flexibility index (Phi) is 7.45. The summed E-state index contributed by atoms with van der Waals surface area (Å²) in [7, 11) is 1.65. The van der Waals surface area contributed by atoms with Gasteiger partial charge < -0.3 is 19.6 Å². The number of alkyl halides is 2. The molecular formula is C25H29F2N3O4. The van der Waals surface area contributed by atoms with E-state index in [0.29, 0.717) is 25.9 Å². The lowest BCUT2D eigenvalue weighted by molar-refractivity contribution is -0.0686. The van der Waals surface area contributed by atoms with E-state index in [-0.39, 0.29) is 17.7 Å². The van der Waals surface area contributed by atoms with Crippen LogP contribution >= 0.6 is 0 Å². The number of hydrazine groups is 1. The molecule has 2 atom stereocenters. The molecule has 0 bridgehead atoms. The lowest BCUT2D eigenvalue weighted by Gasteiger charge is -2.40. The van der Waals surface area contributed by atoms with E-state index in [1.807, 2.05) is 25.3 Å². The molecule has 0 unspecified atom stereocenters. The standard InChI is InChI=1S/C25H29F2N3O4/c1-15-11-22(33-2)20(19-7-9-28-24(15)19)13-29-30-10-8-18(34-14-23(26)27)12-21(30)16-3-5-17(6-4-16)25(31)32/h3-7,9,11,18,21,23,28-29H,8,10,12-14H2,1-2H3,(H,31,32)/t18-,21-/m0/s1. The van der Waals surface area contributed by atoms with Gasteiger partial charge in [-0.1, -0.05) is 12.1 Å². The van der Waals surface area contributed by atoms with Gasteiger partial charge in [0.15, 0.2) is 0 Å². The number of hydrogen-bond acceptors (Lipinski definition) is 5. The molecule has 0 saturated carbocycles. The van der Waals surface area contributed by atoms with Crippen molar-refractivity contribution in [3.8, 4) is 5.75 Å². The van der Waals surface area contributed by atoms with Crippen LogP contribution in [0.25, 0.3) is 10.9 Å². The van der Waals surface area contributed by atoms with Gasteiger partial charge >= 0.3 is 5.97 Å². The van der Waals surface area contributed by atoms with Gasteiger partial charge in [-0.05, 0) is 55.2 Å². The second-order valence-corrected chi connectivity index (χ2v) is 8.48. The largest absolute Gasteiger partial charge is 0.496 e. The van der Waals surface area contributed by atoms with E-state index in [0.717, 1.165) is 33.3 Å². The van der Waals surface area contributed by atoms with E-state index in [9.17, 15) is 18.7 Å². The highest BCUT2D eigenvalue weighted by Gasteiger charge is 2.31. The van der Waals surface area contributed by atoms with Gasteiger partial charge in [0.2, 0.25) is 0 Å². The molecule has 182 valence electrons. The number of fused-ring (bicyclic) bond motifs is 1. The first kappa shape index (κ1) is 24.1. The SMILES string of the molecule is COc1cc(C)c2[nH]ccc2c1CNN1CC[C@H](OCC(F)F)C[C@H]1c1ccc(C(=O)O)cc1. The Morgan fingerprint density at radius 3 is 2.74 bits per heavy atom. The number of aromatic amines is 1. The number of hydrogen-bond donors (Lipinski definition) is 3. The maximum Gasteiger partial charge on any atom is 0.335 e. The maximum absolute atomic E-state index is 12.7. The zero-order valence-electron chi connectivity index (χ0n) is 19.2. The number of nitrogens with one attached hydrogen (secondary N) is 2. The highest BCUT2D eigenvalue weighted by Crippen LogP contribution is 2.34. The van der Waals surface area contributed by atoms with Crippen molar-refractivity contribution in [2.24, 2.45) is 0 Å². The van der Waals surface area contributed by atoms with Crippen LogP contribution in [0.15, 0.2) is 42.6 Å². The molecule has 3 N–H and O–H groups in total. The third-order valence-electron chi connectivity index (χ3n) is 6.35. The topological polar surface area (TPSA) is 86.8 Å². The highest BCUT2D eigenvalue weighted by molar-refractivity contribution is 5.88. The molecule has 0 amide bonds. The minimum atomic E-state index is -2.51. The molecule has 1 saturated heterocycles. The Labute approximate surface area is 196 Å². The van der Waals surface area contributed by atoms with Crippen molar-refractivity contribution in [1.29, 1.82) is 0 Å². The van der Waals surface area contributed by atoms with Crippen LogP contribution in [0.2, 0.25) is 0 Å². The highest BCUT2D eigenvalue weighted by atomic mass is 19.3. The smallest absolute Gasteiger partial charge is 0.335 e. The molecule has 4 rings (SSSR count). The van der Waals surface area contributed by atoms with Crippen LogP contribution in [0.5, 0.6) is 5.75 Å². The van der Waals surface area contributed by atoms with Crippen molar-refractivity contribution in [3.63, 3.8) is 0 Å². The van der Waals surface area contributed by atoms with Crippen LogP contribution in [-0.2, 0) is 11.3 Å². The molecule has 2 aromatic carbocycles. The molecule has 1 aliphatic heterocycles. The first-order valence-electron chi connectivity index (χ1n) is 11.2. The van der Waals surface area contributed by atoms with E-state index in [4.69, 9.17) is 9.47 Å². The van der Waals surface area contributed by atoms with Crippen LogP contribution in [0.4, 0.5) is 8.78 Å². The number of ether oxygens (including phenoxy) is 2. The van der Waals surface area contributed by atoms with Crippen molar-refractivity contribution >= 4 is 16.9 Å². The number of benzene rings is 2. The quantitative estimate of drug-likeness (QED) is 0.419. The summed E-state index contributed by atoms with van der Waals surface area (Å²) in [5.41, 5.74) is 7.76. The van der Waals surface area contributed by atoms with Crippen molar-refractivity contribution in [3.05, 3.63) is 64.8 Å². The van der Waals surface area contributed by atoms with Crippen LogP contribution < -0.4 is 10.2 Å². The van der Waals surface area contributed by atoms with E-state index in [1.165, 1.54) is 0 Å². The first-order valence-corrected chi connectivity index (χ1v) is 11.2. The number of aryl methyl sites for hydroxylation is 1. The maximum atomic E-state index is 12.7. The first-order chi connectivity index (χ1) is 16.4. The summed E-state index contributed by atoms with van der Waals surface area (Å²) in [5, 5.41) is 12.4. The molecular weight excluding hydrogens is 444 g/mol. The summed E-state index contributed by atoms with van der Waals surface area (Å²) in [6, 6.07) is 10.5. The average Bonchev–Trinajstić information content (AvgIpc) is 3.33. The van der Waals surface area contributed by atoms with E-state index in [2.05, 4.69) is 15.4 Å². The van der Waals surface area contributed by atoms with Crippen molar-refractivity contribution < 1.29 is 28.2 Å². The molecule has 7 nitrogen and oxygen atoms in total. The van der Waals surface area contributed by atoms with E-state index < -0.39 is 19.0 Å². The van der Waals surface area contributed by atoms with E-state index in [1.54, 1.807) is 31.4 Å². The average molecular weight is 474 g/mol. The Hall–Kier alpha value is -3.01. The normalized spacial score (nSPS) is 19.1. The second kappa shape index (κ2) is 10.5. The van der Waals surface area contributed by atoms with Crippen molar-refractivity contribution in [2.45, 2.75) is 44.9 Å². The minimum absolute atomic E-state index is 0.169. The summed E-state index contributed by atoms with van der Waals surface area (Å²) in [4.78, 5) is 14.5. The van der Waals surface area contributed by atoms with E-state index >= 15 is 0 Å². The molecule has 0 spiro atoms. The third-order valence-corrected chi connectivity index (χ3v) is 6.35. The van der Waals surface area contributed by atoms with Gasteiger partial charge in [0.05, 0.1) is 24.8 Å². The number of aromatic nitrogens is 1. The second-order valence-electron chi connectivity index (χ2n) is 8.48. The number of carbonyl (C=O) groups is 1. The lowest BCUT2D eigenvalue weighted by atomic mass is 9.94. The van der Waals surface area contributed by atoms with Gasteiger partial charge in [-0.2, -0.15) is 0 Å². The number of carboxylic acid groups (broad SMARTS) is 1. The summed E-state index contributed by atoms with van der Waals surface area (Å²) in [6.07, 6.45) is 0.202. The number of nitrogens with zero attached hydrogens (tertiary/aromatic N) is 1. The van der Waals surface area contributed by atoms with Gasteiger partial charge in [-0.25, -0.2) is 18.6 Å². The number of H-pyrrole nitrogens is 1. The van der Waals surface area contributed by atoms with Gasteiger partial charge in [-0.3, -0.25) is 5.43 Å². The zero-order valence-corrected chi connectivity index (χ0v) is 19.2. The summed E-state index contributed by atoms with van der Waals surface area (Å²) >= 11 is 0. The number of piperidine rings is 1. The lowest BCUT2D eigenvalue weighted by Crippen LogP contribution is -2.47.